The predicted octanol–water partition coefficient (Wildman–Crippen LogP) is 2.12. The summed E-state index contributed by atoms with van der Waals surface area (Å²) in [6.07, 6.45) is 1.99. The fraction of sp³-hybridized carbons (Fsp3) is 0.471. The normalized spacial score (nSPS) is 11.3. The number of rotatable bonds is 7. The summed E-state index contributed by atoms with van der Waals surface area (Å²) >= 11 is 0. The Labute approximate surface area is 127 Å². The fourth-order valence-corrected chi connectivity index (χ4v) is 2.55. The Morgan fingerprint density at radius 3 is 2.57 bits per heavy atom. The highest BCUT2D eigenvalue weighted by atomic mass is 15.2. The second-order valence-electron chi connectivity index (χ2n) is 5.78. The van der Waals surface area contributed by atoms with Gasteiger partial charge in [0.2, 0.25) is 0 Å². The second-order valence-corrected chi connectivity index (χ2v) is 5.78. The molecule has 0 aliphatic heterocycles. The summed E-state index contributed by atoms with van der Waals surface area (Å²) in [5.74, 6) is 1.07. The number of hydrogen-bond donors (Lipinski definition) is 1. The summed E-state index contributed by atoms with van der Waals surface area (Å²) in [6.45, 7) is 2.74. The molecule has 0 radical (unpaired) electrons. The number of para-hydroxylation sites is 1. The zero-order valence-electron chi connectivity index (χ0n) is 13.3. The molecule has 0 amide bonds. The van der Waals surface area contributed by atoms with Gasteiger partial charge in [0.1, 0.15) is 5.82 Å². The van der Waals surface area contributed by atoms with Gasteiger partial charge in [-0.25, -0.2) is 4.98 Å². The van der Waals surface area contributed by atoms with Crippen LogP contribution in [0.15, 0.2) is 30.3 Å². The fourth-order valence-electron chi connectivity index (χ4n) is 2.55. The van der Waals surface area contributed by atoms with Crippen molar-refractivity contribution in [2.45, 2.75) is 12.8 Å². The molecule has 2 N–H and O–H groups in total. The van der Waals surface area contributed by atoms with Crippen LogP contribution in [0, 0.1) is 0 Å². The van der Waals surface area contributed by atoms with Crippen molar-refractivity contribution in [1.82, 2.24) is 9.88 Å². The molecule has 1 aromatic carbocycles. The van der Waals surface area contributed by atoms with Gasteiger partial charge in [0.15, 0.2) is 0 Å². The highest BCUT2D eigenvalue weighted by Gasteiger charge is 2.10. The lowest BCUT2D eigenvalue weighted by Crippen LogP contribution is -2.25. The van der Waals surface area contributed by atoms with E-state index in [1.165, 1.54) is 10.9 Å². The smallest absolute Gasteiger partial charge is 0.132 e. The van der Waals surface area contributed by atoms with E-state index in [9.17, 15) is 0 Å². The first-order valence-corrected chi connectivity index (χ1v) is 7.56. The third-order valence-electron chi connectivity index (χ3n) is 3.65. The van der Waals surface area contributed by atoms with E-state index in [0.717, 1.165) is 37.3 Å². The Morgan fingerprint density at radius 1 is 1.10 bits per heavy atom. The molecule has 21 heavy (non-hydrogen) atoms. The molecule has 0 unspecified atom stereocenters. The van der Waals surface area contributed by atoms with Crippen LogP contribution >= 0.6 is 0 Å². The predicted molar refractivity (Wildman–Crippen MR) is 90.9 cm³/mol. The number of fused-ring (bicyclic) bond motifs is 1. The lowest BCUT2D eigenvalue weighted by Gasteiger charge is -2.22. The van der Waals surface area contributed by atoms with Crippen LogP contribution in [0.3, 0.4) is 0 Å². The number of pyridine rings is 1. The Hall–Kier alpha value is -1.65. The van der Waals surface area contributed by atoms with Crippen molar-refractivity contribution in [3.8, 4) is 0 Å². The Balaban J connectivity index is 2.24. The van der Waals surface area contributed by atoms with Crippen LogP contribution < -0.4 is 10.6 Å². The van der Waals surface area contributed by atoms with Gasteiger partial charge in [0.25, 0.3) is 0 Å². The van der Waals surface area contributed by atoms with Crippen molar-refractivity contribution in [1.29, 1.82) is 0 Å². The van der Waals surface area contributed by atoms with E-state index >= 15 is 0 Å². The molecule has 0 bridgehead atoms. The van der Waals surface area contributed by atoms with E-state index in [1.807, 2.05) is 6.07 Å². The van der Waals surface area contributed by atoms with Gasteiger partial charge in [-0.15, -0.1) is 0 Å². The monoisotopic (exact) mass is 286 g/mol. The van der Waals surface area contributed by atoms with E-state index in [2.05, 4.69) is 55.2 Å². The maximum Gasteiger partial charge on any atom is 0.132 e. The number of hydrogen-bond acceptors (Lipinski definition) is 4. The van der Waals surface area contributed by atoms with Gasteiger partial charge in [-0.05, 0) is 57.7 Å². The lowest BCUT2D eigenvalue weighted by molar-refractivity contribution is 0.401. The summed E-state index contributed by atoms with van der Waals surface area (Å²) < 4.78 is 0. The second kappa shape index (κ2) is 7.38. The van der Waals surface area contributed by atoms with E-state index in [4.69, 9.17) is 10.7 Å². The minimum atomic E-state index is 0.651. The summed E-state index contributed by atoms with van der Waals surface area (Å²) in [7, 11) is 6.33. The molecular weight excluding hydrogens is 260 g/mol. The third-order valence-corrected chi connectivity index (χ3v) is 3.65. The van der Waals surface area contributed by atoms with Crippen LogP contribution in [0.1, 0.15) is 12.0 Å². The average molecular weight is 286 g/mol. The zero-order chi connectivity index (χ0) is 15.2. The van der Waals surface area contributed by atoms with Crippen molar-refractivity contribution in [2.24, 2.45) is 5.73 Å². The number of nitrogens with zero attached hydrogens (tertiary/aromatic N) is 3. The van der Waals surface area contributed by atoms with E-state index in [-0.39, 0.29) is 0 Å². The maximum absolute atomic E-state index is 5.76. The Kier molecular flexibility index (Phi) is 5.53. The molecule has 1 heterocycles. The van der Waals surface area contributed by atoms with Gasteiger partial charge >= 0.3 is 0 Å². The largest absolute Gasteiger partial charge is 0.359 e. The van der Waals surface area contributed by atoms with Gasteiger partial charge in [-0.3, -0.25) is 0 Å². The molecule has 0 fully saturated rings. The van der Waals surface area contributed by atoms with Crippen LogP contribution in [0.4, 0.5) is 5.82 Å². The number of anilines is 1. The molecule has 2 aromatic rings. The van der Waals surface area contributed by atoms with Crippen molar-refractivity contribution in [3.63, 3.8) is 0 Å². The maximum atomic E-state index is 5.76. The minimum absolute atomic E-state index is 0.651. The van der Waals surface area contributed by atoms with Crippen LogP contribution in [0.2, 0.25) is 0 Å². The van der Waals surface area contributed by atoms with Gasteiger partial charge in [-0.1, -0.05) is 18.2 Å². The standard InChI is InChI=1S/C17H26N4/c1-20(2)11-6-12-21(3)17-15(9-10-18)13-14-7-4-5-8-16(14)19-17/h4-5,7-8,13H,6,9-12,18H2,1-3H3. The summed E-state index contributed by atoms with van der Waals surface area (Å²) in [4.78, 5) is 9.31. The molecule has 0 aliphatic carbocycles. The summed E-state index contributed by atoms with van der Waals surface area (Å²) in [5.41, 5.74) is 8.05. The molecular formula is C17H26N4. The number of nitrogens with two attached hydrogens (primary N) is 1. The first-order chi connectivity index (χ1) is 10.1. The first-order valence-electron chi connectivity index (χ1n) is 7.56. The third kappa shape index (κ3) is 4.16. The molecule has 2 rings (SSSR count). The van der Waals surface area contributed by atoms with Crippen molar-refractivity contribution >= 4 is 16.7 Å². The molecule has 0 saturated carbocycles. The van der Waals surface area contributed by atoms with E-state index in [0.29, 0.717) is 6.54 Å². The molecule has 4 heteroatoms. The topological polar surface area (TPSA) is 45.4 Å². The zero-order valence-corrected chi connectivity index (χ0v) is 13.3. The van der Waals surface area contributed by atoms with E-state index < -0.39 is 0 Å². The van der Waals surface area contributed by atoms with E-state index in [1.54, 1.807) is 0 Å². The van der Waals surface area contributed by atoms with Gasteiger partial charge < -0.3 is 15.5 Å². The molecule has 0 atom stereocenters. The molecule has 0 spiro atoms. The molecule has 0 saturated heterocycles. The molecule has 4 nitrogen and oxygen atoms in total. The minimum Gasteiger partial charge on any atom is -0.359 e. The number of aromatic nitrogens is 1. The summed E-state index contributed by atoms with van der Waals surface area (Å²) in [6, 6.07) is 10.5. The average Bonchev–Trinajstić information content (AvgIpc) is 2.46. The highest BCUT2D eigenvalue weighted by Crippen LogP contribution is 2.23. The SMILES string of the molecule is CN(C)CCCN(C)c1nc2ccccc2cc1CCN. The number of benzene rings is 1. The van der Waals surface area contributed by atoms with Gasteiger partial charge in [0.05, 0.1) is 5.52 Å². The Morgan fingerprint density at radius 2 is 1.86 bits per heavy atom. The van der Waals surface area contributed by atoms with Crippen LogP contribution in [-0.4, -0.2) is 50.7 Å². The van der Waals surface area contributed by atoms with Crippen LogP contribution in [0.25, 0.3) is 10.9 Å². The first kappa shape index (κ1) is 15.7. The van der Waals surface area contributed by atoms with Crippen LogP contribution in [0.5, 0.6) is 0 Å². The quantitative estimate of drug-likeness (QED) is 0.847. The van der Waals surface area contributed by atoms with Gasteiger partial charge in [-0.2, -0.15) is 0 Å². The lowest BCUT2D eigenvalue weighted by atomic mass is 10.1. The summed E-state index contributed by atoms with van der Waals surface area (Å²) in [5, 5.41) is 1.19. The van der Waals surface area contributed by atoms with Crippen molar-refractivity contribution < 1.29 is 0 Å². The van der Waals surface area contributed by atoms with Crippen molar-refractivity contribution in [3.05, 3.63) is 35.9 Å². The molecule has 114 valence electrons. The molecule has 0 aliphatic rings. The van der Waals surface area contributed by atoms with Crippen molar-refractivity contribution in [2.75, 3.05) is 45.7 Å². The highest BCUT2D eigenvalue weighted by molar-refractivity contribution is 5.81. The van der Waals surface area contributed by atoms with Crippen LogP contribution in [-0.2, 0) is 6.42 Å². The molecule has 1 aromatic heterocycles. The Bertz CT molecular complexity index is 580. The van der Waals surface area contributed by atoms with Gasteiger partial charge in [0, 0.05) is 19.0 Å².